The van der Waals surface area contributed by atoms with E-state index in [0.717, 1.165) is 29.6 Å². The number of thiophene rings is 1. The number of hydrogen-bond acceptors (Lipinski definition) is 3. The third-order valence-corrected chi connectivity index (χ3v) is 5.31. The summed E-state index contributed by atoms with van der Waals surface area (Å²) in [6.45, 7) is 7.69. The Morgan fingerprint density at radius 3 is 2.48 bits per heavy atom. The van der Waals surface area contributed by atoms with Crippen LogP contribution in [-0.2, 0) is 13.1 Å². The van der Waals surface area contributed by atoms with Gasteiger partial charge in [-0.05, 0) is 55.5 Å². The predicted octanol–water partition coefficient (Wildman–Crippen LogP) is 4.34. The Hall–Kier alpha value is -1.87. The van der Waals surface area contributed by atoms with E-state index in [-0.39, 0.29) is 24.0 Å². The van der Waals surface area contributed by atoms with Crippen LogP contribution in [0, 0.1) is 20.8 Å². The van der Waals surface area contributed by atoms with E-state index in [1.165, 1.54) is 16.0 Å². The van der Waals surface area contributed by atoms with Gasteiger partial charge < -0.3 is 10.6 Å². The van der Waals surface area contributed by atoms with Gasteiger partial charge in [-0.2, -0.15) is 5.10 Å². The van der Waals surface area contributed by atoms with Crippen molar-refractivity contribution in [1.82, 2.24) is 20.4 Å². The average Bonchev–Trinajstić information content (AvgIpc) is 3.20. The van der Waals surface area contributed by atoms with Crippen molar-refractivity contribution in [2.45, 2.75) is 33.9 Å². The van der Waals surface area contributed by atoms with Gasteiger partial charge in [-0.25, -0.2) is 4.68 Å². The summed E-state index contributed by atoms with van der Waals surface area (Å²) < 4.78 is 2.00. The summed E-state index contributed by atoms with van der Waals surface area (Å²) in [5.74, 6) is 0.793. The van der Waals surface area contributed by atoms with E-state index < -0.39 is 0 Å². The molecule has 2 heterocycles. The minimum absolute atomic E-state index is 0. The van der Waals surface area contributed by atoms with Gasteiger partial charge in [0.05, 0.1) is 17.9 Å². The fraction of sp³-hybridized carbons (Fsp3) is 0.300. The van der Waals surface area contributed by atoms with Crippen LogP contribution < -0.4 is 10.6 Å². The zero-order valence-corrected chi connectivity index (χ0v) is 19.3. The van der Waals surface area contributed by atoms with Crippen LogP contribution in [0.5, 0.6) is 0 Å². The van der Waals surface area contributed by atoms with Gasteiger partial charge in [0.2, 0.25) is 0 Å². The number of nitrogens with zero attached hydrogens (tertiary/aromatic N) is 3. The molecule has 3 rings (SSSR count). The third-order valence-electron chi connectivity index (χ3n) is 4.28. The Labute approximate surface area is 181 Å². The van der Waals surface area contributed by atoms with Gasteiger partial charge in [0.1, 0.15) is 0 Å². The number of aryl methyl sites for hydroxylation is 3. The van der Waals surface area contributed by atoms with Crippen LogP contribution in [0.1, 0.15) is 27.4 Å². The number of guanidine groups is 1. The van der Waals surface area contributed by atoms with Crippen molar-refractivity contribution in [3.8, 4) is 5.69 Å². The standard InChI is InChI=1S/C20H25N5S.HI/c1-14-9-10-26-19(14)13-23-20(21-4)22-12-17-7-5-6-8-18(17)25-16(3)11-15(2)24-25;/h5-11H,12-13H2,1-4H3,(H2,21,22,23);1H. The van der Waals surface area contributed by atoms with E-state index in [0.29, 0.717) is 6.54 Å². The molecule has 0 aliphatic rings. The molecule has 3 aromatic rings. The maximum atomic E-state index is 4.61. The lowest BCUT2D eigenvalue weighted by Crippen LogP contribution is -2.36. The van der Waals surface area contributed by atoms with Gasteiger partial charge in [0.15, 0.2) is 5.96 Å². The number of aromatic nitrogens is 2. The molecule has 0 spiro atoms. The highest BCUT2D eigenvalue weighted by molar-refractivity contribution is 14.0. The molecule has 1 aromatic carbocycles. The Kier molecular flexibility index (Phi) is 7.85. The largest absolute Gasteiger partial charge is 0.352 e. The second-order valence-corrected chi connectivity index (χ2v) is 7.27. The minimum Gasteiger partial charge on any atom is -0.352 e. The van der Waals surface area contributed by atoms with Crippen molar-refractivity contribution in [2.24, 2.45) is 4.99 Å². The first-order valence-electron chi connectivity index (χ1n) is 8.67. The number of rotatable bonds is 5. The normalized spacial score (nSPS) is 11.2. The lowest BCUT2D eigenvalue weighted by atomic mass is 10.1. The van der Waals surface area contributed by atoms with E-state index in [2.05, 4.69) is 70.3 Å². The van der Waals surface area contributed by atoms with Crippen LogP contribution in [0.4, 0.5) is 0 Å². The predicted molar refractivity (Wildman–Crippen MR) is 125 cm³/mol. The fourth-order valence-electron chi connectivity index (χ4n) is 2.89. The number of hydrogen-bond donors (Lipinski definition) is 2. The number of nitrogens with one attached hydrogen (secondary N) is 2. The summed E-state index contributed by atoms with van der Waals surface area (Å²) >= 11 is 1.76. The second-order valence-electron chi connectivity index (χ2n) is 6.27. The number of benzene rings is 1. The van der Waals surface area contributed by atoms with Crippen molar-refractivity contribution in [1.29, 1.82) is 0 Å². The molecule has 0 aliphatic heterocycles. The highest BCUT2D eigenvalue weighted by atomic mass is 127. The average molecular weight is 495 g/mol. The molecule has 144 valence electrons. The number of aliphatic imine (C=N–C) groups is 1. The Bertz CT molecular complexity index is 913. The van der Waals surface area contributed by atoms with Gasteiger partial charge in [-0.3, -0.25) is 4.99 Å². The fourth-order valence-corrected chi connectivity index (χ4v) is 3.73. The molecule has 0 radical (unpaired) electrons. The van der Waals surface area contributed by atoms with E-state index in [1.54, 1.807) is 18.4 Å². The summed E-state index contributed by atoms with van der Waals surface area (Å²) in [5.41, 5.74) is 5.73. The molecule has 0 amide bonds. The molecule has 5 nitrogen and oxygen atoms in total. The Morgan fingerprint density at radius 2 is 1.85 bits per heavy atom. The van der Waals surface area contributed by atoms with Crippen LogP contribution >= 0.6 is 35.3 Å². The van der Waals surface area contributed by atoms with Gasteiger partial charge in [-0.15, -0.1) is 35.3 Å². The Balaban J connectivity index is 0.00000261. The van der Waals surface area contributed by atoms with Gasteiger partial charge in [-0.1, -0.05) is 18.2 Å². The highest BCUT2D eigenvalue weighted by Gasteiger charge is 2.09. The smallest absolute Gasteiger partial charge is 0.191 e. The van der Waals surface area contributed by atoms with Crippen LogP contribution in [0.3, 0.4) is 0 Å². The lowest BCUT2D eigenvalue weighted by Gasteiger charge is -2.15. The molecule has 2 N–H and O–H groups in total. The zero-order chi connectivity index (χ0) is 18.5. The summed E-state index contributed by atoms with van der Waals surface area (Å²) in [6, 6.07) is 12.5. The molecular weight excluding hydrogens is 469 g/mol. The van der Waals surface area contributed by atoms with Crippen molar-refractivity contribution in [2.75, 3.05) is 7.05 Å². The lowest BCUT2D eigenvalue weighted by molar-refractivity contribution is 0.783. The van der Waals surface area contributed by atoms with Crippen molar-refractivity contribution >= 4 is 41.3 Å². The van der Waals surface area contributed by atoms with E-state index >= 15 is 0 Å². The monoisotopic (exact) mass is 495 g/mol. The minimum atomic E-state index is 0. The van der Waals surface area contributed by atoms with Crippen LogP contribution in [0.15, 0.2) is 46.8 Å². The first-order valence-corrected chi connectivity index (χ1v) is 9.55. The molecule has 0 fully saturated rings. The number of halogens is 1. The molecular formula is C20H26IN5S. The molecule has 0 unspecified atom stereocenters. The summed E-state index contributed by atoms with van der Waals surface area (Å²) in [6.07, 6.45) is 0. The van der Waals surface area contributed by atoms with Gasteiger partial charge in [0, 0.05) is 24.2 Å². The van der Waals surface area contributed by atoms with Crippen LogP contribution in [-0.4, -0.2) is 22.8 Å². The first-order chi connectivity index (χ1) is 12.6. The third kappa shape index (κ3) is 5.32. The number of para-hydroxylation sites is 1. The van der Waals surface area contributed by atoms with Crippen molar-refractivity contribution in [3.05, 3.63) is 69.2 Å². The van der Waals surface area contributed by atoms with Crippen molar-refractivity contribution in [3.63, 3.8) is 0 Å². The highest BCUT2D eigenvalue weighted by Crippen LogP contribution is 2.17. The molecule has 27 heavy (non-hydrogen) atoms. The molecule has 0 saturated heterocycles. The van der Waals surface area contributed by atoms with E-state index in [9.17, 15) is 0 Å². The van der Waals surface area contributed by atoms with Crippen LogP contribution in [0.2, 0.25) is 0 Å². The Morgan fingerprint density at radius 1 is 1.11 bits per heavy atom. The molecule has 0 aliphatic carbocycles. The molecule has 0 bridgehead atoms. The first kappa shape index (κ1) is 21.4. The quantitative estimate of drug-likeness (QED) is 0.315. The SMILES string of the molecule is CN=C(NCc1ccccc1-n1nc(C)cc1C)NCc1sccc1C.I. The maximum absolute atomic E-state index is 4.61. The van der Waals surface area contributed by atoms with E-state index in [4.69, 9.17) is 0 Å². The second kappa shape index (κ2) is 9.89. The molecule has 0 saturated carbocycles. The van der Waals surface area contributed by atoms with Crippen LogP contribution in [0.25, 0.3) is 5.69 Å². The van der Waals surface area contributed by atoms with Gasteiger partial charge >= 0.3 is 0 Å². The molecule has 0 atom stereocenters. The summed E-state index contributed by atoms with van der Waals surface area (Å²) in [7, 11) is 1.80. The topological polar surface area (TPSA) is 54.2 Å². The zero-order valence-electron chi connectivity index (χ0n) is 16.1. The molecule has 7 heteroatoms. The van der Waals surface area contributed by atoms with E-state index in [1.807, 2.05) is 17.7 Å². The summed E-state index contributed by atoms with van der Waals surface area (Å²) in [5, 5.41) is 13.5. The summed E-state index contributed by atoms with van der Waals surface area (Å²) in [4.78, 5) is 5.66. The maximum Gasteiger partial charge on any atom is 0.191 e. The van der Waals surface area contributed by atoms with Crippen molar-refractivity contribution < 1.29 is 0 Å². The molecule has 2 aromatic heterocycles. The van der Waals surface area contributed by atoms with Gasteiger partial charge in [0.25, 0.3) is 0 Å².